The number of hydrogen-bond donors (Lipinski definition) is 0. The first-order valence-electron chi connectivity index (χ1n) is 19.1. The summed E-state index contributed by atoms with van der Waals surface area (Å²) in [5.41, 5.74) is 13.9. The van der Waals surface area contributed by atoms with Crippen LogP contribution >= 0.6 is 0 Å². The molecule has 4 aliphatic carbocycles. The Hall–Kier alpha value is -6.45. The van der Waals surface area contributed by atoms with E-state index in [4.69, 9.17) is 9.40 Å². The molecule has 5 aromatic carbocycles. The molecular formula is C51H40N2O. The summed E-state index contributed by atoms with van der Waals surface area (Å²) in [6, 6.07) is 39.0. The minimum Gasteiger partial charge on any atom is -0.436 e. The third kappa shape index (κ3) is 5.92. The molecule has 3 nitrogen and oxygen atoms in total. The summed E-state index contributed by atoms with van der Waals surface area (Å²) in [4.78, 5) is 7.57. The zero-order chi connectivity index (χ0) is 35.8. The van der Waals surface area contributed by atoms with E-state index >= 15 is 0 Å². The Bertz CT molecular complexity index is 2640. The minimum atomic E-state index is 0.445. The number of hydrogen-bond acceptors (Lipinski definition) is 3. The van der Waals surface area contributed by atoms with Gasteiger partial charge in [-0.15, -0.1) is 0 Å². The molecule has 2 atom stereocenters. The monoisotopic (exact) mass is 696 g/mol. The lowest BCUT2D eigenvalue weighted by atomic mass is 9.82. The molecule has 0 spiro atoms. The van der Waals surface area contributed by atoms with Gasteiger partial charge in [-0.25, -0.2) is 4.98 Å². The summed E-state index contributed by atoms with van der Waals surface area (Å²) in [6.07, 6.45) is 31.3. The molecule has 0 radical (unpaired) electrons. The van der Waals surface area contributed by atoms with Crippen LogP contribution in [-0.2, 0) is 0 Å². The highest BCUT2D eigenvalue weighted by Crippen LogP contribution is 2.44. The first-order valence-corrected chi connectivity index (χ1v) is 19.1. The normalized spacial score (nSPS) is 19.0. The van der Waals surface area contributed by atoms with E-state index in [0.29, 0.717) is 17.7 Å². The molecule has 6 aromatic rings. The number of rotatable bonds is 7. The van der Waals surface area contributed by atoms with Crippen LogP contribution in [0, 0.1) is 11.8 Å². The van der Waals surface area contributed by atoms with Gasteiger partial charge in [-0.3, -0.25) is 0 Å². The highest BCUT2D eigenvalue weighted by Gasteiger charge is 2.25. The van der Waals surface area contributed by atoms with Crippen LogP contribution in [0.5, 0.6) is 0 Å². The van der Waals surface area contributed by atoms with Gasteiger partial charge in [0.25, 0.3) is 0 Å². The maximum Gasteiger partial charge on any atom is 0.227 e. The van der Waals surface area contributed by atoms with E-state index < -0.39 is 0 Å². The molecule has 0 aliphatic heterocycles. The van der Waals surface area contributed by atoms with Gasteiger partial charge < -0.3 is 9.32 Å². The van der Waals surface area contributed by atoms with Crippen LogP contribution in [0.4, 0.5) is 11.4 Å². The Morgan fingerprint density at radius 2 is 1.31 bits per heavy atom. The molecule has 260 valence electrons. The zero-order valence-corrected chi connectivity index (χ0v) is 30.1. The maximum absolute atomic E-state index is 6.66. The van der Waals surface area contributed by atoms with Gasteiger partial charge in [0.2, 0.25) is 5.89 Å². The fraction of sp³-hybridized carbons (Fsp3) is 0.118. The average molecular weight is 697 g/mol. The van der Waals surface area contributed by atoms with Crippen LogP contribution in [0.2, 0.25) is 0 Å². The minimum absolute atomic E-state index is 0.445. The molecule has 1 aromatic heterocycles. The lowest BCUT2D eigenvalue weighted by molar-refractivity contribution is 0.620. The smallest absolute Gasteiger partial charge is 0.227 e. The van der Waals surface area contributed by atoms with Crippen LogP contribution in [0.25, 0.3) is 50.0 Å². The zero-order valence-electron chi connectivity index (χ0n) is 30.1. The predicted octanol–water partition coefficient (Wildman–Crippen LogP) is 13.6. The fourth-order valence-corrected chi connectivity index (χ4v) is 8.50. The van der Waals surface area contributed by atoms with E-state index in [9.17, 15) is 0 Å². The second-order valence-corrected chi connectivity index (χ2v) is 14.5. The molecule has 0 bridgehead atoms. The highest BCUT2D eigenvalue weighted by atomic mass is 16.3. The van der Waals surface area contributed by atoms with E-state index in [1.807, 2.05) is 6.07 Å². The Morgan fingerprint density at radius 3 is 2.11 bits per heavy atom. The first kappa shape index (κ1) is 32.2. The van der Waals surface area contributed by atoms with Gasteiger partial charge in [-0.2, -0.15) is 0 Å². The molecule has 0 N–H and O–H groups in total. The van der Waals surface area contributed by atoms with E-state index in [0.717, 1.165) is 64.5 Å². The van der Waals surface area contributed by atoms with E-state index in [-0.39, 0.29) is 0 Å². The molecule has 0 amide bonds. The summed E-state index contributed by atoms with van der Waals surface area (Å²) in [7, 11) is 0. The molecule has 2 unspecified atom stereocenters. The lowest BCUT2D eigenvalue weighted by Gasteiger charge is -2.32. The predicted molar refractivity (Wildman–Crippen MR) is 225 cm³/mol. The van der Waals surface area contributed by atoms with Gasteiger partial charge in [-0.1, -0.05) is 151 Å². The molecule has 4 aliphatic rings. The summed E-state index contributed by atoms with van der Waals surface area (Å²) in [6.45, 7) is 0. The Labute approximate surface area is 316 Å². The average Bonchev–Trinajstić information content (AvgIpc) is 3.69. The Kier molecular flexibility index (Phi) is 8.26. The number of benzene rings is 5. The molecule has 0 fully saturated rings. The van der Waals surface area contributed by atoms with Gasteiger partial charge >= 0.3 is 0 Å². The molecule has 1 heterocycles. The largest absolute Gasteiger partial charge is 0.436 e. The molecular weight excluding hydrogens is 657 g/mol. The van der Waals surface area contributed by atoms with E-state index in [1.165, 1.54) is 39.1 Å². The Morgan fingerprint density at radius 1 is 0.593 bits per heavy atom. The van der Waals surface area contributed by atoms with Crippen molar-refractivity contribution in [1.29, 1.82) is 0 Å². The SMILES string of the molecule is C1=CCC(C2=CC=C(N(c3ccc(C4=C5C=CC=CC5CC=C4)cc3)c3cc4oc(-c5ccc(-c6ccccc6)cc5)nc4c4ccccc34)CC2)C=C1. The van der Waals surface area contributed by atoms with Gasteiger partial charge in [0, 0.05) is 45.6 Å². The summed E-state index contributed by atoms with van der Waals surface area (Å²) in [5, 5.41) is 2.23. The third-order valence-corrected chi connectivity index (χ3v) is 11.3. The number of allylic oxidation sites excluding steroid dienone is 16. The number of nitrogens with zero attached hydrogens (tertiary/aromatic N) is 2. The van der Waals surface area contributed by atoms with Gasteiger partial charge in [0.15, 0.2) is 5.58 Å². The van der Waals surface area contributed by atoms with Crippen molar-refractivity contribution < 1.29 is 4.42 Å². The summed E-state index contributed by atoms with van der Waals surface area (Å²) in [5.74, 6) is 1.54. The van der Waals surface area contributed by atoms with E-state index in [2.05, 4.69) is 181 Å². The Balaban J connectivity index is 1.09. The summed E-state index contributed by atoms with van der Waals surface area (Å²) < 4.78 is 6.66. The van der Waals surface area contributed by atoms with Crippen molar-refractivity contribution in [2.24, 2.45) is 11.8 Å². The van der Waals surface area contributed by atoms with E-state index in [1.54, 1.807) is 0 Å². The quantitative estimate of drug-likeness (QED) is 0.166. The molecule has 3 heteroatoms. The second kappa shape index (κ2) is 13.8. The number of fused-ring (bicyclic) bond motifs is 4. The highest BCUT2D eigenvalue weighted by molar-refractivity contribution is 6.11. The van der Waals surface area contributed by atoms with Crippen LogP contribution in [0.3, 0.4) is 0 Å². The van der Waals surface area contributed by atoms with Crippen LogP contribution < -0.4 is 4.90 Å². The van der Waals surface area contributed by atoms with Crippen LogP contribution in [-0.4, -0.2) is 4.98 Å². The van der Waals surface area contributed by atoms with Crippen molar-refractivity contribution >= 4 is 38.8 Å². The van der Waals surface area contributed by atoms with Gasteiger partial charge in [-0.05, 0) is 83.9 Å². The van der Waals surface area contributed by atoms with Crippen molar-refractivity contribution in [1.82, 2.24) is 4.98 Å². The van der Waals surface area contributed by atoms with Crippen molar-refractivity contribution in [3.63, 3.8) is 0 Å². The van der Waals surface area contributed by atoms with Gasteiger partial charge in [0.1, 0.15) is 5.52 Å². The lowest BCUT2D eigenvalue weighted by Crippen LogP contribution is -2.19. The number of aromatic nitrogens is 1. The second-order valence-electron chi connectivity index (χ2n) is 14.5. The van der Waals surface area contributed by atoms with Crippen molar-refractivity contribution in [3.05, 3.63) is 205 Å². The number of anilines is 2. The maximum atomic E-state index is 6.66. The topological polar surface area (TPSA) is 29.3 Å². The van der Waals surface area contributed by atoms with Crippen molar-refractivity contribution in [2.45, 2.75) is 25.7 Å². The van der Waals surface area contributed by atoms with Gasteiger partial charge in [0.05, 0.1) is 5.69 Å². The molecule has 0 saturated carbocycles. The third-order valence-electron chi connectivity index (χ3n) is 11.3. The van der Waals surface area contributed by atoms with Crippen molar-refractivity contribution in [2.75, 3.05) is 4.90 Å². The molecule has 0 saturated heterocycles. The fourth-order valence-electron chi connectivity index (χ4n) is 8.50. The van der Waals surface area contributed by atoms with Crippen LogP contribution in [0.1, 0.15) is 31.2 Å². The van der Waals surface area contributed by atoms with Crippen molar-refractivity contribution in [3.8, 4) is 22.6 Å². The van der Waals surface area contributed by atoms with Crippen LogP contribution in [0.15, 0.2) is 203 Å². The standard InChI is InChI=1S/C51H40N2O/c1-3-12-35(13-4-1)37-22-24-41(25-23-37)51-52-50-47-20-10-9-19-46(47)48(34-49(50)54-51)53(42-30-26-38(27-31-42)36-14-5-2-6-15-36)43-32-28-40(29-33-43)45-21-11-17-39-16-7-8-18-44(39)45/h1-14,16,18-26,28-30,32-34,36,39H,15,17,27,31H2. The molecule has 10 rings (SSSR count). The first-order chi connectivity index (χ1) is 26.8. The summed E-state index contributed by atoms with van der Waals surface area (Å²) >= 11 is 0. The molecule has 54 heavy (non-hydrogen) atoms. The number of oxazole rings is 1.